The van der Waals surface area contributed by atoms with Crippen LogP contribution in [0, 0.1) is 28.3 Å². The first-order chi connectivity index (χ1) is 10.0. The average Bonchev–Trinajstić information content (AvgIpc) is 2.48. The van der Waals surface area contributed by atoms with Gasteiger partial charge in [0.15, 0.2) is 0 Å². The summed E-state index contributed by atoms with van der Waals surface area (Å²) in [6.45, 7) is 2.82. The molecule has 0 aromatic heterocycles. The van der Waals surface area contributed by atoms with Gasteiger partial charge in [0.05, 0.1) is 11.5 Å². The molecule has 0 unspecified atom stereocenters. The van der Waals surface area contributed by atoms with Gasteiger partial charge in [-0.2, -0.15) is 4.39 Å². The molecule has 0 aliphatic carbocycles. The second-order valence-corrected chi connectivity index (χ2v) is 4.70. The number of nitro benzene ring substituents is 1. The van der Waals surface area contributed by atoms with Gasteiger partial charge in [-0.05, 0) is 12.1 Å². The quantitative estimate of drug-likeness (QED) is 0.475. The van der Waals surface area contributed by atoms with Crippen molar-refractivity contribution in [3.63, 3.8) is 0 Å². The Morgan fingerprint density at radius 2 is 2.05 bits per heavy atom. The molecule has 21 heavy (non-hydrogen) atoms. The Bertz CT molecular complexity index is 604. The zero-order valence-electron chi connectivity index (χ0n) is 11.3. The number of hydrogen-bond acceptors (Lipinski definition) is 4. The third-order valence-electron chi connectivity index (χ3n) is 3.36. The molecule has 0 atom stereocenters. The molecule has 7 heteroatoms. The number of rotatable bonds is 3. The van der Waals surface area contributed by atoms with E-state index in [4.69, 9.17) is 6.42 Å². The van der Waals surface area contributed by atoms with Crippen LogP contribution in [0.5, 0.6) is 0 Å². The first-order valence-corrected chi connectivity index (χ1v) is 6.42. The summed E-state index contributed by atoms with van der Waals surface area (Å²) in [5.74, 6) is 1.26. The minimum absolute atomic E-state index is 0.119. The predicted molar refractivity (Wildman–Crippen MR) is 74.2 cm³/mol. The summed E-state index contributed by atoms with van der Waals surface area (Å²) in [6, 6.07) is 3.18. The highest BCUT2D eigenvalue weighted by molar-refractivity contribution is 5.95. The third-order valence-corrected chi connectivity index (χ3v) is 3.36. The average molecular weight is 291 g/mol. The molecule has 1 saturated heterocycles. The number of carbonyl (C=O) groups is 1. The molecule has 0 bridgehead atoms. The summed E-state index contributed by atoms with van der Waals surface area (Å²) in [6.07, 6.45) is 5.23. The third kappa shape index (κ3) is 3.35. The van der Waals surface area contributed by atoms with E-state index in [0.29, 0.717) is 32.7 Å². The van der Waals surface area contributed by atoms with Crippen molar-refractivity contribution in [2.75, 3.05) is 32.7 Å². The van der Waals surface area contributed by atoms with E-state index in [1.165, 1.54) is 6.07 Å². The molecule has 1 aromatic carbocycles. The van der Waals surface area contributed by atoms with Crippen LogP contribution in [0.4, 0.5) is 10.1 Å². The largest absolute Gasteiger partial charge is 0.336 e. The zero-order valence-corrected chi connectivity index (χ0v) is 11.3. The van der Waals surface area contributed by atoms with Gasteiger partial charge in [-0.1, -0.05) is 5.92 Å². The molecule has 2 rings (SSSR count). The van der Waals surface area contributed by atoms with E-state index in [9.17, 15) is 19.3 Å². The lowest BCUT2D eigenvalue weighted by Crippen LogP contribution is -2.48. The van der Waals surface area contributed by atoms with Gasteiger partial charge in [0, 0.05) is 37.8 Å². The number of carbonyl (C=O) groups excluding carboxylic acids is 1. The zero-order chi connectivity index (χ0) is 15.4. The minimum atomic E-state index is -0.949. The van der Waals surface area contributed by atoms with Crippen LogP contribution in [0.3, 0.4) is 0 Å². The van der Waals surface area contributed by atoms with Crippen molar-refractivity contribution in [1.82, 2.24) is 9.80 Å². The highest BCUT2D eigenvalue weighted by Gasteiger charge is 2.24. The number of halogens is 1. The molecule has 0 N–H and O–H groups in total. The lowest BCUT2D eigenvalue weighted by Gasteiger charge is -2.33. The molecule has 1 fully saturated rings. The molecule has 1 aromatic rings. The molecule has 110 valence electrons. The van der Waals surface area contributed by atoms with Gasteiger partial charge in [-0.15, -0.1) is 6.42 Å². The van der Waals surface area contributed by atoms with Gasteiger partial charge in [0.1, 0.15) is 0 Å². The SMILES string of the molecule is C#CCN1CCN(C(=O)c2ccc(F)c([N+](=O)[O-])c2)CC1. The summed E-state index contributed by atoms with van der Waals surface area (Å²) in [5.41, 5.74) is -0.569. The van der Waals surface area contributed by atoms with Gasteiger partial charge in [-0.25, -0.2) is 0 Å². The lowest BCUT2D eigenvalue weighted by atomic mass is 10.1. The van der Waals surface area contributed by atoms with E-state index < -0.39 is 16.4 Å². The lowest BCUT2D eigenvalue weighted by molar-refractivity contribution is -0.387. The van der Waals surface area contributed by atoms with Crippen LogP contribution < -0.4 is 0 Å². The molecule has 1 aliphatic heterocycles. The molecule has 0 radical (unpaired) electrons. The molecule has 1 amide bonds. The van der Waals surface area contributed by atoms with Crippen molar-refractivity contribution in [2.45, 2.75) is 0 Å². The van der Waals surface area contributed by atoms with Crippen molar-refractivity contribution in [1.29, 1.82) is 0 Å². The molecule has 1 aliphatic rings. The van der Waals surface area contributed by atoms with Crippen molar-refractivity contribution in [3.05, 3.63) is 39.7 Å². The Morgan fingerprint density at radius 1 is 1.38 bits per heavy atom. The smallest absolute Gasteiger partial charge is 0.305 e. The van der Waals surface area contributed by atoms with Crippen molar-refractivity contribution in [2.24, 2.45) is 0 Å². The summed E-state index contributed by atoms with van der Waals surface area (Å²) in [5, 5.41) is 10.7. The van der Waals surface area contributed by atoms with Gasteiger partial charge in [-0.3, -0.25) is 19.8 Å². The number of nitro groups is 1. The fourth-order valence-corrected chi connectivity index (χ4v) is 2.21. The van der Waals surface area contributed by atoms with Crippen LogP contribution in [-0.2, 0) is 0 Å². The fraction of sp³-hybridized carbons (Fsp3) is 0.357. The summed E-state index contributed by atoms with van der Waals surface area (Å²) in [7, 11) is 0. The number of nitrogens with zero attached hydrogens (tertiary/aromatic N) is 3. The van der Waals surface area contributed by atoms with Crippen molar-refractivity contribution < 1.29 is 14.1 Å². The van der Waals surface area contributed by atoms with E-state index in [2.05, 4.69) is 5.92 Å². The summed E-state index contributed by atoms with van der Waals surface area (Å²) >= 11 is 0. The standard InChI is InChI=1S/C14H14FN3O3/c1-2-5-16-6-8-17(9-7-16)14(19)11-3-4-12(15)13(10-11)18(20)21/h1,3-4,10H,5-9H2. The first kappa shape index (κ1) is 14.9. The van der Waals surface area contributed by atoms with Gasteiger partial charge < -0.3 is 4.90 Å². The minimum Gasteiger partial charge on any atom is -0.336 e. The Hall–Kier alpha value is -2.46. The number of amides is 1. The van der Waals surface area contributed by atoms with E-state index in [-0.39, 0.29) is 11.5 Å². The highest BCUT2D eigenvalue weighted by atomic mass is 19.1. The molecular formula is C14H14FN3O3. The number of terminal acetylenes is 1. The first-order valence-electron chi connectivity index (χ1n) is 6.42. The van der Waals surface area contributed by atoms with Crippen LogP contribution in [0.2, 0.25) is 0 Å². The normalized spacial score (nSPS) is 15.5. The molecular weight excluding hydrogens is 277 g/mol. The second-order valence-electron chi connectivity index (χ2n) is 4.70. The topological polar surface area (TPSA) is 66.7 Å². The molecule has 0 spiro atoms. The van der Waals surface area contributed by atoms with E-state index in [0.717, 1.165) is 12.1 Å². The van der Waals surface area contributed by atoms with Gasteiger partial charge in [0.25, 0.3) is 5.91 Å². The van der Waals surface area contributed by atoms with Crippen LogP contribution >= 0.6 is 0 Å². The van der Waals surface area contributed by atoms with Gasteiger partial charge in [0.2, 0.25) is 5.82 Å². The van der Waals surface area contributed by atoms with Crippen LogP contribution in [0.15, 0.2) is 18.2 Å². The molecule has 6 nitrogen and oxygen atoms in total. The van der Waals surface area contributed by atoms with Crippen LogP contribution in [0.1, 0.15) is 10.4 Å². The van der Waals surface area contributed by atoms with E-state index in [1.807, 2.05) is 4.90 Å². The van der Waals surface area contributed by atoms with E-state index in [1.54, 1.807) is 4.90 Å². The monoisotopic (exact) mass is 291 g/mol. The number of benzene rings is 1. The summed E-state index contributed by atoms with van der Waals surface area (Å²) in [4.78, 5) is 25.8. The Kier molecular flexibility index (Phi) is 4.50. The van der Waals surface area contributed by atoms with Crippen molar-refractivity contribution in [3.8, 4) is 12.3 Å². The Morgan fingerprint density at radius 3 is 2.62 bits per heavy atom. The van der Waals surface area contributed by atoms with Gasteiger partial charge >= 0.3 is 5.69 Å². The second kappa shape index (κ2) is 6.33. The Balaban J connectivity index is 2.09. The number of hydrogen-bond donors (Lipinski definition) is 0. The maximum atomic E-state index is 13.3. The molecule has 1 heterocycles. The maximum Gasteiger partial charge on any atom is 0.305 e. The summed E-state index contributed by atoms with van der Waals surface area (Å²) < 4.78 is 13.3. The molecule has 0 saturated carbocycles. The van der Waals surface area contributed by atoms with Crippen LogP contribution in [0.25, 0.3) is 0 Å². The van der Waals surface area contributed by atoms with Crippen molar-refractivity contribution >= 4 is 11.6 Å². The Labute approximate surface area is 121 Å². The fourth-order valence-electron chi connectivity index (χ4n) is 2.21. The maximum absolute atomic E-state index is 13.3. The number of piperazine rings is 1. The van der Waals surface area contributed by atoms with Crippen LogP contribution in [-0.4, -0.2) is 53.4 Å². The van der Waals surface area contributed by atoms with E-state index >= 15 is 0 Å². The highest BCUT2D eigenvalue weighted by Crippen LogP contribution is 2.20. The predicted octanol–water partition coefficient (Wildman–Crippen LogP) is 1.12.